The first-order chi connectivity index (χ1) is 4.18. The lowest BCUT2D eigenvalue weighted by Gasteiger charge is -2.14. The Labute approximate surface area is 48.9 Å². The van der Waals surface area contributed by atoms with Gasteiger partial charge in [0, 0.05) is 0 Å². The average molecular weight is 136 g/mol. The molecule has 0 N–H and O–H groups in total. The van der Waals surface area contributed by atoms with Gasteiger partial charge in [0.05, 0.1) is 6.08 Å². The Kier molecular flexibility index (Phi) is 1.33. The van der Waals surface area contributed by atoms with Crippen molar-refractivity contribution in [1.82, 2.24) is 0 Å². The van der Waals surface area contributed by atoms with Gasteiger partial charge in [0.15, 0.2) is 0 Å². The van der Waals surface area contributed by atoms with Crippen molar-refractivity contribution in [1.29, 1.82) is 0 Å². The molecule has 9 heavy (non-hydrogen) atoms. The van der Waals surface area contributed by atoms with E-state index in [2.05, 4.69) is 9.47 Å². The van der Waals surface area contributed by atoms with Crippen molar-refractivity contribution in [2.45, 2.75) is 6.43 Å². The van der Waals surface area contributed by atoms with E-state index in [-0.39, 0.29) is 0 Å². The number of halogens is 2. The van der Waals surface area contributed by atoms with E-state index in [4.69, 9.17) is 0 Å². The van der Waals surface area contributed by atoms with Gasteiger partial charge in [0.1, 0.15) is 0 Å². The summed E-state index contributed by atoms with van der Waals surface area (Å²) < 4.78 is 30.5. The first-order valence-corrected chi connectivity index (χ1v) is 2.08. The van der Waals surface area contributed by atoms with Crippen LogP contribution in [0.2, 0.25) is 0 Å². The predicted octanol–water partition coefficient (Wildman–Crippen LogP) is 1.26. The summed E-state index contributed by atoms with van der Waals surface area (Å²) in [4.78, 5) is 9.76. The predicted molar refractivity (Wildman–Crippen MR) is 21.7 cm³/mol. The van der Waals surface area contributed by atoms with Crippen LogP contribution in [0.5, 0.6) is 0 Å². The molecule has 0 aromatic carbocycles. The minimum Gasteiger partial charge on any atom is -0.360 e. The van der Waals surface area contributed by atoms with Gasteiger partial charge in [0.2, 0.25) is 0 Å². The molecule has 1 aliphatic heterocycles. The number of rotatable bonds is 1. The highest BCUT2D eigenvalue weighted by molar-refractivity contribution is 5.67. The second-order valence-electron chi connectivity index (χ2n) is 1.27. The molecule has 0 bridgehead atoms. The Morgan fingerprint density at radius 3 is 2.33 bits per heavy atom. The molecule has 0 unspecified atom stereocenters. The number of ether oxygens (including phenoxy) is 2. The van der Waals surface area contributed by atoms with E-state index >= 15 is 0 Å². The van der Waals surface area contributed by atoms with Crippen LogP contribution < -0.4 is 0 Å². The second kappa shape index (κ2) is 2.00. The number of carbonyl (C=O) groups is 1. The van der Waals surface area contributed by atoms with E-state index in [0.717, 1.165) is 0 Å². The maximum Gasteiger partial charge on any atom is 0.524 e. The molecular weight excluding hydrogens is 134 g/mol. The number of allylic oxidation sites excluding steroid dienone is 1. The standard InChI is InChI=1S/C4H2F2O3/c5-2(6)1-3-8-4(7)9-3/h1-2H. The smallest absolute Gasteiger partial charge is 0.360 e. The Morgan fingerprint density at radius 1 is 1.44 bits per heavy atom. The Bertz CT molecular complexity index is 153. The van der Waals surface area contributed by atoms with E-state index in [1.165, 1.54) is 0 Å². The molecule has 0 radical (unpaired) electrons. The number of cyclic esters (lactones) is 2. The largest absolute Gasteiger partial charge is 0.524 e. The molecule has 1 heterocycles. The first kappa shape index (κ1) is 6.00. The maximum absolute atomic E-state index is 11.3. The third kappa shape index (κ3) is 1.38. The van der Waals surface area contributed by atoms with E-state index in [1.807, 2.05) is 0 Å². The van der Waals surface area contributed by atoms with Gasteiger partial charge in [-0.05, 0) is 0 Å². The van der Waals surface area contributed by atoms with Gasteiger partial charge < -0.3 is 9.47 Å². The molecule has 0 aliphatic carbocycles. The van der Waals surface area contributed by atoms with Crippen molar-refractivity contribution in [2.75, 3.05) is 0 Å². The van der Waals surface area contributed by atoms with E-state index in [1.54, 1.807) is 0 Å². The zero-order chi connectivity index (χ0) is 6.85. The topological polar surface area (TPSA) is 35.5 Å². The van der Waals surface area contributed by atoms with Crippen molar-refractivity contribution < 1.29 is 23.0 Å². The summed E-state index contributed by atoms with van der Waals surface area (Å²) in [6.07, 6.45) is -3.18. The van der Waals surface area contributed by atoms with Crippen molar-refractivity contribution in [2.24, 2.45) is 0 Å². The molecule has 5 heteroatoms. The average Bonchev–Trinajstić information content (AvgIpc) is 1.60. The molecule has 50 valence electrons. The fourth-order valence-electron chi connectivity index (χ4n) is 0.343. The van der Waals surface area contributed by atoms with Crippen LogP contribution in [-0.4, -0.2) is 12.6 Å². The first-order valence-electron chi connectivity index (χ1n) is 2.08. The lowest BCUT2D eigenvalue weighted by atomic mass is 10.6. The second-order valence-corrected chi connectivity index (χ2v) is 1.27. The van der Waals surface area contributed by atoms with Crippen molar-refractivity contribution in [3.05, 3.63) is 12.0 Å². The zero-order valence-electron chi connectivity index (χ0n) is 4.14. The molecule has 0 amide bonds. The van der Waals surface area contributed by atoms with Crippen LogP contribution in [0.4, 0.5) is 13.6 Å². The lowest BCUT2D eigenvalue weighted by molar-refractivity contribution is -0.0298. The summed E-state index contributed by atoms with van der Waals surface area (Å²) in [7, 11) is 0. The number of carbonyl (C=O) groups excluding carboxylic acids is 1. The van der Waals surface area contributed by atoms with E-state index < -0.39 is 18.5 Å². The molecule has 0 saturated carbocycles. The summed E-state index contributed by atoms with van der Waals surface area (Å²) in [6, 6.07) is 0. The van der Waals surface area contributed by atoms with Gasteiger partial charge >= 0.3 is 12.1 Å². The maximum atomic E-state index is 11.3. The van der Waals surface area contributed by atoms with Crippen LogP contribution in [-0.2, 0) is 9.47 Å². The van der Waals surface area contributed by atoms with Gasteiger partial charge in [-0.3, -0.25) is 0 Å². The fourth-order valence-corrected chi connectivity index (χ4v) is 0.343. The molecule has 1 saturated heterocycles. The lowest BCUT2D eigenvalue weighted by Crippen LogP contribution is -2.20. The monoisotopic (exact) mass is 136 g/mol. The summed E-state index contributed by atoms with van der Waals surface area (Å²) in [5, 5.41) is 0. The molecule has 0 aromatic heterocycles. The quantitative estimate of drug-likeness (QED) is 0.509. The van der Waals surface area contributed by atoms with Crippen LogP contribution in [0.3, 0.4) is 0 Å². The van der Waals surface area contributed by atoms with Crippen LogP contribution >= 0.6 is 0 Å². The summed E-state index contributed by atoms with van der Waals surface area (Å²) in [6.45, 7) is 0. The van der Waals surface area contributed by atoms with Crippen LogP contribution in [0.15, 0.2) is 12.0 Å². The van der Waals surface area contributed by atoms with Gasteiger partial charge in [-0.25, -0.2) is 13.6 Å². The van der Waals surface area contributed by atoms with Gasteiger partial charge in [-0.2, -0.15) is 0 Å². The molecule has 1 rings (SSSR count). The highest BCUT2D eigenvalue weighted by Gasteiger charge is 2.25. The van der Waals surface area contributed by atoms with Crippen molar-refractivity contribution in [3.8, 4) is 0 Å². The number of hydrogen-bond acceptors (Lipinski definition) is 3. The molecule has 1 aliphatic rings. The van der Waals surface area contributed by atoms with Crippen molar-refractivity contribution >= 4 is 6.16 Å². The minimum atomic E-state index is -2.65. The highest BCUT2D eigenvalue weighted by Crippen LogP contribution is 2.15. The van der Waals surface area contributed by atoms with E-state index in [9.17, 15) is 13.6 Å². The third-order valence-electron chi connectivity index (χ3n) is 0.630. The van der Waals surface area contributed by atoms with Crippen LogP contribution in [0, 0.1) is 0 Å². The number of hydrogen-bond donors (Lipinski definition) is 0. The molecule has 0 aromatic rings. The van der Waals surface area contributed by atoms with Crippen LogP contribution in [0.25, 0.3) is 0 Å². The highest BCUT2D eigenvalue weighted by atomic mass is 19.3. The normalized spacial score (nSPS) is 16.3. The third-order valence-corrected chi connectivity index (χ3v) is 0.630. The Hall–Kier alpha value is -1.13. The van der Waals surface area contributed by atoms with Crippen LogP contribution in [0.1, 0.15) is 0 Å². The summed E-state index contributed by atoms with van der Waals surface area (Å²) in [5.41, 5.74) is 0. The van der Waals surface area contributed by atoms with E-state index in [0.29, 0.717) is 6.08 Å². The zero-order valence-corrected chi connectivity index (χ0v) is 4.14. The Balaban J connectivity index is 2.38. The molecule has 0 spiro atoms. The molecular formula is C4H2F2O3. The minimum absolute atomic E-state index is 0.404. The van der Waals surface area contributed by atoms with Gasteiger partial charge in [-0.1, -0.05) is 0 Å². The Morgan fingerprint density at radius 2 is 2.00 bits per heavy atom. The summed E-state index contributed by atoms with van der Waals surface area (Å²) >= 11 is 0. The molecule has 3 nitrogen and oxygen atoms in total. The number of alkyl halides is 2. The SMILES string of the molecule is O=C1OC(=CC(F)F)O1. The molecule has 1 fully saturated rings. The fraction of sp³-hybridized carbons (Fsp3) is 0.250. The van der Waals surface area contributed by atoms with Gasteiger partial charge in [-0.15, -0.1) is 0 Å². The molecule has 0 atom stereocenters. The van der Waals surface area contributed by atoms with Crippen molar-refractivity contribution in [3.63, 3.8) is 0 Å². The van der Waals surface area contributed by atoms with Gasteiger partial charge in [0.25, 0.3) is 6.43 Å². The summed E-state index contributed by atoms with van der Waals surface area (Å²) in [5.74, 6) is -0.421.